The van der Waals surface area contributed by atoms with Gasteiger partial charge in [0, 0.05) is 43.3 Å². The van der Waals surface area contributed by atoms with Crippen molar-refractivity contribution in [2.75, 3.05) is 43.9 Å². The lowest BCUT2D eigenvalue weighted by molar-refractivity contribution is -0.136. The van der Waals surface area contributed by atoms with E-state index >= 15 is 0 Å². The van der Waals surface area contributed by atoms with Gasteiger partial charge >= 0.3 is 11.5 Å². The first kappa shape index (κ1) is 25.9. The van der Waals surface area contributed by atoms with Gasteiger partial charge in [0.15, 0.2) is 6.29 Å². The molecule has 35 heavy (non-hydrogen) atoms. The minimum Gasteiger partial charge on any atom is -0.336 e. The van der Waals surface area contributed by atoms with Crippen LogP contribution in [-0.4, -0.2) is 77.2 Å². The molecule has 1 aliphatic rings. The molecule has 0 unspecified atom stereocenters. The van der Waals surface area contributed by atoms with Crippen LogP contribution in [0.4, 0.5) is 29.6 Å². The van der Waals surface area contributed by atoms with E-state index in [2.05, 4.69) is 15.3 Å². The number of amides is 3. The Morgan fingerprint density at radius 2 is 2.11 bits per heavy atom. The van der Waals surface area contributed by atoms with Gasteiger partial charge in [0.25, 0.3) is 0 Å². The van der Waals surface area contributed by atoms with Gasteiger partial charge in [0.05, 0.1) is 12.1 Å². The number of aromatic nitrogens is 2. The number of hydrogen-bond acceptors (Lipinski definition) is 8. The fourth-order valence-electron chi connectivity index (χ4n) is 3.21. The van der Waals surface area contributed by atoms with Crippen LogP contribution >= 0.6 is 11.8 Å². The smallest absolute Gasteiger partial charge is 0.336 e. The van der Waals surface area contributed by atoms with Crippen molar-refractivity contribution in [3.05, 3.63) is 41.2 Å². The number of hydrogen-bond donors (Lipinski definition) is 1. The molecule has 10 nitrogen and oxygen atoms in total. The summed E-state index contributed by atoms with van der Waals surface area (Å²) in [5, 5.41) is 11.3. The number of alkyl halides is 3. The summed E-state index contributed by atoms with van der Waals surface area (Å²) in [6, 6.07) is 4.86. The van der Waals surface area contributed by atoms with Crippen LogP contribution in [-0.2, 0) is 11.3 Å². The summed E-state index contributed by atoms with van der Waals surface area (Å²) in [7, 11) is 3.19. The zero-order chi connectivity index (χ0) is 25.8. The summed E-state index contributed by atoms with van der Waals surface area (Å²) in [4.78, 5) is 48.6. The third-order valence-corrected chi connectivity index (χ3v) is 5.86. The minimum atomic E-state index is -4.63. The summed E-state index contributed by atoms with van der Waals surface area (Å²) < 4.78 is 38.3. The topological polar surface area (TPSA) is 123 Å². The average Bonchev–Trinajstić information content (AvgIpc) is 2.79. The van der Waals surface area contributed by atoms with Crippen LogP contribution in [0.25, 0.3) is 0 Å². The SMILES string of the molecule is CN1CCN(Cc2ccc(N(C)C(=O)Nc3cc(SC(F)(F)F)c(C#N)cn3)nc2C=O)C(=O)C1. The molecule has 2 aromatic rings. The van der Waals surface area contributed by atoms with Crippen molar-refractivity contribution in [2.24, 2.45) is 0 Å². The summed E-state index contributed by atoms with van der Waals surface area (Å²) in [6.07, 6.45) is 1.45. The number of urea groups is 1. The fourth-order valence-corrected chi connectivity index (χ4v) is 3.84. The number of piperazine rings is 1. The van der Waals surface area contributed by atoms with E-state index in [1.807, 2.05) is 11.9 Å². The van der Waals surface area contributed by atoms with Gasteiger partial charge in [-0.1, -0.05) is 6.07 Å². The molecule has 184 valence electrons. The second-order valence-electron chi connectivity index (χ2n) is 7.60. The highest BCUT2D eigenvalue weighted by Crippen LogP contribution is 2.39. The molecule has 0 atom stereocenters. The van der Waals surface area contributed by atoms with Crippen molar-refractivity contribution in [1.82, 2.24) is 19.8 Å². The highest BCUT2D eigenvalue weighted by atomic mass is 32.2. The molecular weight excluding hydrogens is 487 g/mol. The maximum Gasteiger partial charge on any atom is 0.446 e. The molecule has 1 aliphatic heterocycles. The maximum atomic E-state index is 12.8. The molecule has 1 N–H and O–H groups in total. The lowest BCUT2D eigenvalue weighted by Gasteiger charge is -2.32. The Kier molecular flexibility index (Phi) is 7.92. The Hall–Kier alpha value is -3.70. The maximum absolute atomic E-state index is 12.8. The van der Waals surface area contributed by atoms with Crippen LogP contribution in [0.3, 0.4) is 0 Å². The van der Waals surface area contributed by atoms with Gasteiger partial charge < -0.3 is 4.90 Å². The van der Waals surface area contributed by atoms with Crippen LogP contribution in [0.2, 0.25) is 0 Å². The Labute approximate surface area is 202 Å². The first-order valence-electron chi connectivity index (χ1n) is 10.1. The molecule has 1 fully saturated rings. The number of likely N-dealkylation sites (N-methyl/N-ethyl adjacent to an activating group) is 1. The number of carbonyl (C=O) groups is 3. The van der Waals surface area contributed by atoms with Gasteiger partial charge in [-0.2, -0.15) is 18.4 Å². The highest BCUT2D eigenvalue weighted by Gasteiger charge is 2.31. The quantitative estimate of drug-likeness (QED) is 0.468. The molecule has 3 amide bonds. The van der Waals surface area contributed by atoms with Crippen LogP contribution in [0.5, 0.6) is 0 Å². The molecule has 0 aliphatic carbocycles. The Balaban J connectivity index is 1.74. The number of pyridine rings is 2. The van der Waals surface area contributed by atoms with Gasteiger partial charge in [0.1, 0.15) is 23.4 Å². The molecule has 3 heterocycles. The number of thioether (sulfide) groups is 1. The molecule has 0 spiro atoms. The van der Waals surface area contributed by atoms with E-state index in [4.69, 9.17) is 5.26 Å². The van der Waals surface area contributed by atoms with Gasteiger partial charge in [-0.25, -0.2) is 14.8 Å². The van der Waals surface area contributed by atoms with Crippen molar-refractivity contribution < 1.29 is 27.6 Å². The second kappa shape index (κ2) is 10.7. The summed E-state index contributed by atoms with van der Waals surface area (Å²) in [6.45, 7) is 1.67. The summed E-state index contributed by atoms with van der Waals surface area (Å²) in [5.74, 6) is -0.181. The third kappa shape index (κ3) is 6.67. The first-order chi connectivity index (χ1) is 16.5. The fraction of sp³-hybridized carbons (Fsp3) is 0.333. The number of nitrogens with one attached hydrogen (secondary N) is 1. The van der Waals surface area contributed by atoms with E-state index in [1.54, 1.807) is 17.0 Å². The van der Waals surface area contributed by atoms with Crippen molar-refractivity contribution in [3.63, 3.8) is 0 Å². The lowest BCUT2D eigenvalue weighted by Crippen LogP contribution is -2.48. The molecule has 14 heteroatoms. The predicted octanol–water partition coefficient (Wildman–Crippen LogP) is 2.71. The molecule has 0 aromatic carbocycles. The Morgan fingerprint density at radius 1 is 1.37 bits per heavy atom. The Bertz CT molecular complexity index is 1190. The molecule has 0 bridgehead atoms. The first-order valence-corrected chi connectivity index (χ1v) is 10.9. The van der Waals surface area contributed by atoms with E-state index in [0.717, 1.165) is 17.2 Å². The van der Waals surface area contributed by atoms with E-state index in [9.17, 15) is 27.6 Å². The van der Waals surface area contributed by atoms with E-state index in [-0.39, 0.29) is 41.9 Å². The van der Waals surface area contributed by atoms with Crippen molar-refractivity contribution >= 4 is 41.6 Å². The number of carbonyl (C=O) groups excluding carboxylic acids is 3. The summed E-state index contributed by atoms with van der Waals surface area (Å²) in [5.41, 5.74) is -4.35. The largest absolute Gasteiger partial charge is 0.446 e. The highest BCUT2D eigenvalue weighted by molar-refractivity contribution is 8.00. The number of anilines is 2. The zero-order valence-corrected chi connectivity index (χ0v) is 19.5. The zero-order valence-electron chi connectivity index (χ0n) is 18.7. The van der Waals surface area contributed by atoms with Crippen molar-refractivity contribution in [3.8, 4) is 6.07 Å². The lowest BCUT2D eigenvalue weighted by atomic mass is 10.1. The Morgan fingerprint density at radius 3 is 2.74 bits per heavy atom. The van der Waals surface area contributed by atoms with Crippen LogP contribution in [0.15, 0.2) is 29.3 Å². The number of aldehydes is 1. The van der Waals surface area contributed by atoms with E-state index in [1.165, 1.54) is 13.1 Å². The third-order valence-electron chi connectivity index (χ3n) is 5.08. The van der Waals surface area contributed by atoms with Crippen molar-refractivity contribution in [1.29, 1.82) is 5.26 Å². The van der Waals surface area contributed by atoms with E-state index < -0.39 is 28.2 Å². The van der Waals surface area contributed by atoms with Crippen molar-refractivity contribution in [2.45, 2.75) is 16.9 Å². The number of nitriles is 1. The molecule has 0 radical (unpaired) electrons. The van der Waals surface area contributed by atoms with Crippen LogP contribution in [0.1, 0.15) is 21.6 Å². The van der Waals surface area contributed by atoms with Gasteiger partial charge in [0.2, 0.25) is 5.91 Å². The van der Waals surface area contributed by atoms with Crippen LogP contribution in [0, 0.1) is 11.3 Å². The minimum absolute atomic E-state index is 0.0502. The standard InChI is InChI=1S/C21H20F3N7O3S/c1-29-5-6-31(19(33)11-29)10-13-3-4-18(27-15(13)12-32)30(2)20(34)28-17-7-16(35-21(22,23)24)14(8-25)9-26-17/h3-4,7,9,12H,5-6,10-11H2,1-2H3,(H,26,28,34). The van der Waals surface area contributed by atoms with Gasteiger partial charge in [-0.05, 0) is 30.9 Å². The van der Waals surface area contributed by atoms with Gasteiger partial charge in [-0.15, -0.1) is 0 Å². The molecule has 2 aromatic heterocycles. The predicted molar refractivity (Wildman–Crippen MR) is 121 cm³/mol. The molecule has 1 saturated heterocycles. The number of halogens is 3. The molecular formula is C21H20F3N7O3S. The second-order valence-corrected chi connectivity index (χ2v) is 8.71. The molecule has 3 rings (SSSR count). The normalized spacial score (nSPS) is 14.4. The average molecular weight is 507 g/mol. The van der Waals surface area contributed by atoms with Gasteiger partial charge in [-0.3, -0.25) is 24.7 Å². The van der Waals surface area contributed by atoms with Crippen LogP contribution < -0.4 is 10.2 Å². The van der Waals surface area contributed by atoms with E-state index in [0.29, 0.717) is 24.9 Å². The summed E-state index contributed by atoms with van der Waals surface area (Å²) >= 11 is -0.490. The number of rotatable bonds is 6. The molecule has 0 saturated carbocycles. The monoisotopic (exact) mass is 507 g/mol. The number of nitrogens with zero attached hydrogens (tertiary/aromatic N) is 6.